The summed E-state index contributed by atoms with van der Waals surface area (Å²) in [7, 11) is 0. The van der Waals surface area contributed by atoms with Crippen LogP contribution in [-0.2, 0) is 11.3 Å². The van der Waals surface area contributed by atoms with Crippen molar-refractivity contribution >= 4 is 11.9 Å². The lowest BCUT2D eigenvalue weighted by Crippen LogP contribution is -2.24. The Balaban J connectivity index is 1.83. The quantitative estimate of drug-likeness (QED) is 0.729. The molecule has 6 heteroatoms. The minimum Gasteiger partial charge on any atom is -0.481 e. The normalized spacial score (nSPS) is 10.6. The molecule has 0 unspecified atom stereocenters. The van der Waals surface area contributed by atoms with Crippen molar-refractivity contribution in [3.8, 4) is 0 Å². The third-order valence-corrected chi connectivity index (χ3v) is 3.75. The van der Waals surface area contributed by atoms with E-state index >= 15 is 0 Å². The second-order valence-electron chi connectivity index (χ2n) is 5.89. The fraction of sp³-hybridized carbons (Fsp3) is 0.389. The summed E-state index contributed by atoms with van der Waals surface area (Å²) < 4.78 is 1.94. The summed E-state index contributed by atoms with van der Waals surface area (Å²) in [6.45, 7) is 5.15. The number of carboxylic acids is 1. The summed E-state index contributed by atoms with van der Waals surface area (Å²) in [5.74, 6) is -0.942. The Morgan fingerprint density at radius 1 is 1.17 bits per heavy atom. The van der Waals surface area contributed by atoms with Gasteiger partial charge in [0.1, 0.15) is 0 Å². The van der Waals surface area contributed by atoms with Crippen LogP contribution in [0.5, 0.6) is 0 Å². The van der Waals surface area contributed by atoms with Gasteiger partial charge >= 0.3 is 5.97 Å². The number of carboxylic acid groups (broad SMARTS) is 1. The number of nitrogens with one attached hydrogen (secondary N) is 1. The van der Waals surface area contributed by atoms with Crippen LogP contribution in [0.1, 0.15) is 46.6 Å². The van der Waals surface area contributed by atoms with Gasteiger partial charge in [-0.25, -0.2) is 0 Å². The summed E-state index contributed by atoms with van der Waals surface area (Å²) in [6, 6.07) is 9.49. The van der Waals surface area contributed by atoms with Crippen molar-refractivity contribution in [3.63, 3.8) is 0 Å². The van der Waals surface area contributed by atoms with Crippen LogP contribution in [0.2, 0.25) is 0 Å². The SMILES string of the molecule is Cc1cc(C)n(Cc2ccc(C(=O)NCCCCC(=O)O)cc2)n1. The Bertz CT molecular complexity index is 705. The van der Waals surface area contributed by atoms with E-state index in [0.29, 0.717) is 31.5 Å². The molecule has 0 aliphatic heterocycles. The van der Waals surface area contributed by atoms with Crippen molar-refractivity contribution in [2.75, 3.05) is 6.54 Å². The molecule has 0 fully saturated rings. The molecule has 24 heavy (non-hydrogen) atoms. The monoisotopic (exact) mass is 329 g/mol. The first-order valence-electron chi connectivity index (χ1n) is 8.05. The zero-order valence-corrected chi connectivity index (χ0v) is 14.1. The van der Waals surface area contributed by atoms with Crippen molar-refractivity contribution in [1.29, 1.82) is 0 Å². The summed E-state index contributed by atoms with van der Waals surface area (Å²) in [4.78, 5) is 22.4. The first-order valence-corrected chi connectivity index (χ1v) is 8.05. The number of aliphatic carboxylic acids is 1. The predicted octanol–water partition coefficient (Wildman–Crippen LogP) is 2.53. The number of hydrogen-bond acceptors (Lipinski definition) is 3. The van der Waals surface area contributed by atoms with Gasteiger partial charge in [-0.15, -0.1) is 0 Å². The van der Waals surface area contributed by atoms with Crippen molar-refractivity contribution in [2.45, 2.75) is 39.7 Å². The number of rotatable bonds is 8. The fourth-order valence-electron chi connectivity index (χ4n) is 2.47. The molecule has 128 valence electrons. The maximum atomic E-state index is 12.0. The molecule has 2 N–H and O–H groups in total. The molecular weight excluding hydrogens is 306 g/mol. The second-order valence-corrected chi connectivity index (χ2v) is 5.89. The van der Waals surface area contributed by atoms with Gasteiger partial charge in [-0.05, 0) is 50.5 Å². The maximum absolute atomic E-state index is 12.0. The molecule has 0 atom stereocenters. The number of amides is 1. The molecule has 0 aliphatic carbocycles. The molecule has 0 saturated carbocycles. The van der Waals surface area contributed by atoms with E-state index in [4.69, 9.17) is 5.11 Å². The van der Waals surface area contributed by atoms with Crippen molar-refractivity contribution in [1.82, 2.24) is 15.1 Å². The molecule has 1 amide bonds. The van der Waals surface area contributed by atoms with E-state index in [0.717, 1.165) is 17.0 Å². The van der Waals surface area contributed by atoms with Crippen LogP contribution in [0.15, 0.2) is 30.3 Å². The number of carbonyl (C=O) groups excluding carboxylic acids is 1. The lowest BCUT2D eigenvalue weighted by atomic mass is 10.1. The number of nitrogens with zero attached hydrogens (tertiary/aromatic N) is 2. The minimum atomic E-state index is -0.806. The molecule has 0 radical (unpaired) electrons. The zero-order chi connectivity index (χ0) is 17.5. The summed E-state index contributed by atoms with van der Waals surface area (Å²) in [6.07, 6.45) is 1.36. The zero-order valence-electron chi connectivity index (χ0n) is 14.1. The predicted molar refractivity (Wildman–Crippen MR) is 91.1 cm³/mol. The third kappa shape index (κ3) is 5.22. The van der Waals surface area contributed by atoms with Gasteiger partial charge in [0.05, 0.1) is 12.2 Å². The Kier molecular flexibility index (Phi) is 6.12. The Hall–Kier alpha value is -2.63. The number of benzene rings is 1. The van der Waals surface area contributed by atoms with E-state index in [1.165, 1.54) is 0 Å². The fourth-order valence-corrected chi connectivity index (χ4v) is 2.47. The number of carbonyl (C=O) groups is 2. The molecular formula is C18H23N3O3. The highest BCUT2D eigenvalue weighted by molar-refractivity contribution is 5.94. The lowest BCUT2D eigenvalue weighted by Gasteiger charge is -2.07. The van der Waals surface area contributed by atoms with E-state index in [2.05, 4.69) is 10.4 Å². The van der Waals surface area contributed by atoms with E-state index < -0.39 is 5.97 Å². The summed E-state index contributed by atoms with van der Waals surface area (Å²) >= 11 is 0. The molecule has 0 bridgehead atoms. The minimum absolute atomic E-state index is 0.136. The Morgan fingerprint density at radius 3 is 2.46 bits per heavy atom. The van der Waals surface area contributed by atoms with E-state index in [1.54, 1.807) is 12.1 Å². The molecule has 0 saturated heterocycles. The molecule has 2 aromatic rings. The van der Waals surface area contributed by atoms with Crippen molar-refractivity contribution < 1.29 is 14.7 Å². The molecule has 1 aromatic heterocycles. The van der Waals surface area contributed by atoms with Gasteiger partial charge in [0.15, 0.2) is 0 Å². The van der Waals surface area contributed by atoms with Crippen LogP contribution in [0.4, 0.5) is 0 Å². The highest BCUT2D eigenvalue weighted by atomic mass is 16.4. The van der Waals surface area contributed by atoms with E-state index in [1.807, 2.05) is 36.7 Å². The number of aromatic nitrogens is 2. The molecule has 0 spiro atoms. The molecule has 2 rings (SSSR count). The van der Waals surface area contributed by atoms with Gasteiger partial charge in [0, 0.05) is 24.2 Å². The van der Waals surface area contributed by atoms with Crippen LogP contribution in [0.25, 0.3) is 0 Å². The topological polar surface area (TPSA) is 84.2 Å². The van der Waals surface area contributed by atoms with Gasteiger partial charge in [-0.3, -0.25) is 14.3 Å². The average molecular weight is 329 g/mol. The third-order valence-electron chi connectivity index (χ3n) is 3.75. The largest absolute Gasteiger partial charge is 0.481 e. The average Bonchev–Trinajstić information content (AvgIpc) is 2.84. The van der Waals surface area contributed by atoms with Gasteiger partial charge in [0.25, 0.3) is 5.91 Å². The maximum Gasteiger partial charge on any atom is 0.303 e. The first kappa shape index (κ1) is 17.7. The second kappa shape index (κ2) is 8.29. The van der Waals surface area contributed by atoms with Crippen molar-refractivity contribution in [2.24, 2.45) is 0 Å². The lowest BCUT2D eigenvalue weighted by molar-refractivity contribution is -0.137. The smallest absolute Gasteiger partial charge is 0.303 e. The van der Waals surface area contributed by atoms with Crippen molar-refractivity contribution in [3.05, 3.63) is 52.8 Å². The van der Waals surface area contributed by atoms with Gasteiger partial charge in [-0.2, -0.15) is 5.10 Å². The highest BCUT2D eigenvalue weighted by Gasteiger charge is 2.06. The van der Waals surface area contributed by atoms with Gasteiger partial charge in [0.2, 0.25) is 0 Å². The molecule has 1 aromatic carbocycles. The van der Waals surface area contributed by atoms with E-state index in [9.17, 15) is 9.59 Å². The summed E-state index contributed by atoms with van der Waals surface area (Å²) in [5, 5.41) is 15.8. The number of unbranched alkanes of at least 4 members (excludes halogenated alkanes) is 1. The van der Waals surface area contributed by atoms with Gasteiger partial charge in [-0.1, -0.05) is 12.1 Å². The van der Waals surface area contributed by atoms with Crippen LogP contribution in [0, 0.1) is 13.8 Å². The Morgan fingerprint density at radius 2 is 1.88 bits per heavy atom. The van der Waals surface area contributed by atoms with Gasteiger partial charge < -0.3 is 10.4 Å². The number of aryl methyl sites for hydroxylation is 2. The molecule has 1 heterocycles. The van der Waals surface area contributed by atoms with Crippen LogP contribution in [0.3, 0.4) is 0 Å². The number of hydrogen-bond donors (Lipinski definition) is 2. The van der Waals surface area contributed by atoms with Crippen LogP contribution >= 0.6 is 0 Å². The summed E-state index contributed by atoms with van der Waals surface area (Å²) in [5.41, 5.74) is 3.78. The highest BCUT2D eigenvalue weighted by Crippen LogP contribution is 2.09. The Labute approximate surface area is 141 Å². The molecule has 6 nitrogen and oxygen atoms in total. The molecule has 0 aliphatic rings. The standard InChI is InChI=1S/C18H23N3O3/c1-13-11-14(2)21(20-13)12-15-6-8-16(9-7-15)18(24)19-10-4-3-5-17(22)23/h6-9,11H,3-5,10,12H2,1-2H3,(H,19,24)(H,22,23). The van der Waals surface area contributed by atoms with Crippen LogP contribution in [-0.4, -0.2) is 33.3 Å². The van der Waals surface area contributed by atoms with Crippen LogP contribution < -0.4 is 5.32 Å². The van der Waals surface area contributed by atoms with E-state index in [-0.39, 0.29) is 12.3 Å². The first-order chi connectivity index (χ1) is 11.5.